The molecule has 0 saturated heterocycles. The molecular weight excluding hydrogens is 276 g/mol. The lowest BCUT2D eigenvalue weighted by atomic mass is 10.2. The van der Waals surface area contributed by atoms with Crippen LogP contribution in [0.15, 0.2) is 29.6 Å². The van der Waals surface area contributed by atoms with Crippen LogP contribution in [0.4, 0.5) is 5.69 Å². The molecule has 0 atom stereocenters. The van der Waals surface area contributed by atoms with Crippen molar-refractivity contribution < 1.29 is 14.3 Å². The zero-order valence-corrected chi connectivity index (χ0v) is 12.1. The molecule has 0 fully saturated rings. The molecule has 0 radical (unpaired) electrons. The summed E-state index contributed by atoms with van der Waals surface area (Å²) in [4.78, 5) is 12.7. The van der Waals surface area contributed by atoms with Crippen LogP contribution in [-0.2, 0) is 6.54 Å². The highest BCUT2D eigenvalue weighted by atomic mass is 32.1. The van der Waals surface area contributed by atoms with Crippen LogP contribution in [0.5, 0.6) is 11.5 Å². The number of carbonyl (C=O) groups is 1. The standard InChI is InChI=1S/C14H16N2O3S/c1-18-11-4-3-10(6-12(11)19-2)16-14(17)13-5-9(7-15)8-20-13/h3-6,8H,7,15H2,1-2H3,(H,16,17). The highest BCUT2D eigenvalue weighted by Crippen LogP contribution is 2.30. The van der Waals surface area contributed by atoms with E-state index in [4.69, 9.17) is 15.2 Å². The summed E-state index contributed by atoms with van der Waals surface area (Å²) in [5.74, 6) is 1.02. The number of nitrogens with one attached hydrogen (secondary N) is 1. The number of benzene rings is 1. The van der Waals surface area contributed by atoms with Gasteiger partial charge in [-0.05, 0) is 29.1 Å². The molecule has 0 bridgehead atoms. The number of amides is 1. The van der Waals surface area contributed by atoms with E-state index in [1.165, 1.54) is 11.3 Å². The molecule has 0 aliphatic heterocycles. The maximum atomic E-state index is 12.1. The third-order valence-electron chi connectivity index (χ3n) is 2.75. The summed E-state index contributed by atoms with van der Waals surface area (Å²) in [6, 6.07) is 7.01. The number of carbonyl (C=O) groups excluding carboxylic acids is 1. The number of nitrogens with two attached hydrogens (primary N) is 1. The second-order valence-electron chi connectivity index (χ2n) is 4.05. The average molecular weight is 292 g/mol. The van der Waals surface area contributed by atoms with Gasteiger partial charge in [0, 0.05) is 18.3 Å². The van der Waals surface area contributed by atoms with Gasteiger partial charge >= 0.3 is 0 Å². The van der Waals surface area contributed by atoms with Crippen LogP contribution >= 0.6 is 11.3 Å². The summed E-state index contributed by atoms with van der Waals surface area (Å²) >= 11 is 1.37. The molecule has 1 heterocycles. The van der Waals surface area contributed by atoms with Crippen LogP contribution in [0.1, 0.15) is 15.2 Å². The van der Waals surface area contributed by atoms with Crippen molar-refractivity contribution in [1.82, 2.24) is 0 Å². The number of thiophene rings is 1. The highest BCUT2D eigenvalue weighted by Gasteiger charge is 2.11. The Balaban J connectivity index is 2.15. The highest BCUT2D eigenvalue weighted by molar-refractivity contribution is 7.12. The zero-order chi connectivity index (χ0) is 14.5. The molecule has 20 heavy (non-hydrogen) atoms. The maximum Gasteiger partial charge on any atom is 0.265 e. The van der Waals surface area contributed by atoms with Crippen LogP contribution < -0.4 is 20.5 Å². The van der Waals surface area contributed by atoms with E-state index in [0.29, 0.717) is 28.6 Å². The fraction of sp³-hybridized carbons (Fsp3) is 0.214. The summed E-state index contributed by atoms with van der Waals surface area (Å²) in [5.41, 5.74) is 7.13. The van der Waals surface area contributed by atoms with Crippen LogP contribution in [0.2, 0.25) is 0 Å². The fourth-order valence-electron chi connectivity index (χ4n) is 1.71. The van der Waals surface area contributed by atoms with Crippen molar-refractivity contribution in [2.45, 2.75) is 6.54 Å². The van der Waals surface area contributed by atoms with Gasteiger partial charge < -0.3 is 20.5 Å². The molecule has 1 amide bonds. The number of rotatable bonds is 5. The van der Waals surface area contributed by atoms with E-state index in [2.05, 4.69) is 5.32 Å². The number of hydrogen-bond donors (Lipinski definition) is 2. The largest absolute Gasteiger partial charge is 0.493 e. The van der Waals surface area contributed by atoms with E-state index in [1.54, 1.807) is 38.5 Å². The lowest BCUT2D eigenvalue weighted by molar-refractivity contribution is 0.103. The first kappa shape index (κ1) is 14.4. The van der Waals surface area contributed by atoms with Gasteiger partial charge in [-0.3, -0.25) is 4.79 Å². The van der Waals surface area contributed by atoms with Gasteiger partial charge in [0.25, 0.3) is 5.91 Å². The van der Waals surface area contributed by atoms with Gasteiger partial charge in [-0.25, -0.2) is 0 Å². The van der Waals surface area contributed by atoms with Gasteiger partial charge in [0.2, 0.25) is 0 Å². The third kappa shape index (κ3) is 3.09. The van der Waals surface area contributed by atoms with Gasteiger partial charge in [-0.2, -0.15) is 0 Å². The number of anilines is 1. The normalized spacial score (nSPS) is 10.2. The minimum Gasteiger partial charge on any atom is -0.493 e. The number of ether oxygens (including phenoxy) is 2. The van der Waals surface area contributed by atoms with Crippen LogP contribution in [0.3, 0.4) is 0 Å². The molecule has 106 valence electrons. The summed E-state index contributed by atoms with van der Waals surface area (Å²) < 4.78 is 10.3. The van der Waals surface area contributed by atoms with Gasteiger partial charge in [0.05, 0.1) is 19.1 Å². The lowest BCUT2D eigenvalue weighted by Crippen LogP contribution is -2.10. The summed E-state index contributed by atoms with van der Waals surface area (Å²) in [6.45, 7) is 0.431. The summed E-state index contributed by atoms with van der Waals surface area (Å²) in [6.07, 6.45) is 0. The van der Waals surface area contributed by atoms with E-state index in [1.807, 2.05) is 5.38 Å². The predicted octanol–water partition coefficient (Wildman–Crippen LogP) is 2.48. The summed E-state index contributed by atoms with van der Waals surface area (Å²) in [5, 5.41) is 4.70. The maximum absolute atomic E-state index is 12.1. The molecule has 5 nitrogen and oxygen atoms in total. The van der Waals surface area contributed by atoms with E-state index >= 15 is 0 Å². The van der Waals surface area contributed by atoms with Crippen LogP contribution in [0.25, 0.3) is 0 Å². The first-order valence-corrected chi connectivity index (χ1v) is 6.86. The van der Waals surface area contributed by atoms with E-state index < -0.39 is 0 Å². The molecule has 0 aliphatic rings. The second kappa shape index (κ2) is 6.40. The van der Waals surface area contributed by atoms with Gasteiger partial charge in [-0.15, -0.1) is 11.3 Å². The lowest BCUT2D eigenvalue weighted by Gasteiger charge is -2.10. The Hall–Kier alpha value is -2.05. The van der Waals surface area contributed by atoms with E-state index in [0.717, 1.165) is 5.56 Å². The van der Waals surface area contributed by atoms with Gasteiger partial charge in [-0.1, -0.05) is 0 Å². The van der Waals surface area contributed by atoms with E-state index in [9.17, 15) is 4.79 Å². The Morgan fingerprint density at radius 3 is 2.60 bits per heavy atom. The molecule has 1 aromatic carbocycles. The smallest absolute Gasteiger partial charge is 0.265 e. The molecular formula is C14H16N2O3S. The Bertz CT molecular complexity index is 610. The van der Waals surface area contributed by atoms with Crippen molar-refractivity contribution in [3.63, 3.8) is 0 Å². The molecule has 2 aromatic rings. The predicted molar refractivity (Wildman–Crippen MR) is 79.7 cm³/mol. The summed E-state index contributed by atoms with van der Waals surface area (Å²) in [7, 11) is 3.12. The van der Waals surface area contributed by atoms with Crippen molar-refractivity contribution in [3.8, 4) is 11.5 Å². The van der Waals surface area contributed by atoms with Crippen molar-refractivity contribution in [2.24, 2.45) is 5.73 Å². The SMILES string of the molecule is COc1ccc(NC(=O)c2cc(CN)cs2)cc1OC. The Morgan fingerprint density at radius 2 is 2.00 bits per heavy atom. The average Bonchev–Trinajstić information content (AvgIpc) is 2.96. The molecule has 0 spiro atoms. The number of hydrogen-bond acceptors (Lipinski definition) is 5. The molecule has 0 aliphatic carbocycles. The van der Waals surface area contributed by atoms with E-state index in [-0.39, 0.29) is 5.91 Å². The topological polar surface area (TPSA) is 73.6 Å². The number of methoxy groups -OCH3 is 2. The monoisotopic (exact) mass is 292 g/mol. The first-order chi connectivity index (χ1) is 9.67. The molecule has 6 heteroatoms. The van der Waals surface area contributed by atoms with Gasteiger partial charge in [0.1, 0.15) is 0 Å². The molecule has 1 aromatic heterocycles. The minimum absolute atomic E-state index is 0.165. The third-order valence-corrected chi connectivity index (χ3v) is 3.73. The minimum atomic E-state index is -0.165. The van der Waals surface area contributed by atoms with Crippen molar-refractivity contribution in [2.75, 3.05) is 19.5 Å². The van der Waals surface area contributed by atoms with Crippen molar-refractivity contribution >= 4 is 22.9 Å². The molecule has 0 unspecified atom stereocenters. The molecule has 2 rings (SSSR count). The van der Waals surface area contributed by atoms with Gasteiger partial charge in [0.15, 0.2) is 11.5 Å². The first-order valence-electron chi connectivity index (χ1n) is 5.98. The van der Waals surface area contributed by atoms with Crippen molar-refractivity contribution in [3.05, 3.63) is 40.1 Å². The Kier molecular flexibility index (Phi) is 4.60. The van der Waals surface area contributed by atoms with Crippen LogP contribution in [-0.4, -0.2) is 20.1 Å². The fourth-order valence-corrected chi connectivity index (χ4v) is 2.53. The van der Waals surface area contributed by atoms with Crippen molar-refractivity contribution in [1.29, 1.82) is 0 Å². The zero-order valence-electron chi connectivity index (χ0n) is 11.3. The Labute approximate surface area is 121 Å². The second-order valence-corrected chi connectivity index (χ2v) is 4.96. The van der Waals surface area contributed by atoms with Crippen LogP contribution in [0, 0.1) is 0 Å². The quantitative estimate of drug-likeness (QED) is 0.888. The molecule has 3 N–H and O–H groups in total. The molecule has 0 saturated carbocycles. The Morgan fingerprint density at radius 1 is 1.25 bits per heavy atom.